The third-order valence-corrected chi connectivity index (χ3v) is 7.39. The number of carbonyl (C=O) groups excluding carboxylic acids is 2. The summed E-state index contributed by atoms with van der Waals surface area (Å²) in [5.41, 5.74) is 2.83. The Morgan fingerprint density at radius 2 is 1.76 bits per heavy atom. The van der Waals surface area contributed by atoms with Gasteiger partial charge in [0.2, 0.25) is 5.91 Å². The summed E-state index contributed by atoms with van der Waals surface area (Å²) in [6.07, 6.45) is -2.52. The summed E-state index contributed by atoms with van der Waals surface area (Å²) in [4.78, 5) is 25.8. The van der Waals surface area contributed by atoms with Crippen LogP contribution in [0.3, 0.4) is 0 Å². The molecule has 9 heteroatoms. The van der Waals surface area contributed by atoms with Crippen molar-refractivity contribution in [3.8, 4) is 17.2 Å². The van der Waals surface area contributed by atoms with E-state index in [1.54, 1.807) is 24.3 Å². The molecule has 2 atom stereocenters. The first-order valence-corrected chi connectivity index (χ1v) is 12.3. The van der Waals surface area contributed by atoms with Gasteiger partial charge in [0.05, 0.1) is 24.1 Å². The van der Waals surface area contributed by atoms with Crippen LogP contribution in [0.4, 0.5) is 8.78 Å². The predicted octanol–water partition coefficient (Wildman–Crippen LogP) is 5.52. The Balaban J connectivity index is 1.28. The average Bonchev–Trinajstić information content (AvgIpc) is 3.65. The first kappa shape index (κ1) is 24.2. The van der Waals surface area contributed by atoms with Gasteiger partial charge in [-0.15, -0.1) is 8.78 Å². The second kappa shape index (κ2) is 8.72. The number of aryl methyl sites for hydroxylation is 1. The molecule has 7 nitrogen and oxygen atoms in total. The molecule has 1 aliphatic carbocycles. The van der Waals surface area contributed by atoms with Crippen molar-refractivity contribution >= 4 is 11.9 Å². The maximum Gasteiger partial charge on any atom is 0.586 e. The molecule has 2 heterocycles. The van der Waals surface area contributed by atoms with E-state index in [0.717, 1.165) is 16.7 Å². The normalized spacial score (nSPS) is 21.6. The summed E-state index contributed by atoms with van der Waals surface area (Å²) >= 11 is 0. The molecule has 1 saturated carbocycles. The van der Waals surface area contributed by atoms with E-state index in [2.05, 4.69) is 14.8 Å². The van der Waals surface area contributed by atoms with E-state index in [1.807, 2.05) is 31.2 Å². The van der Waals surface area contributed by atoms with E-state index in [9.17, 15) is 18.4 Å². The molecule has 2 aliphatic heterocycles. The monoisotopic (exact) mass is 521 g/mol. The summed E-state index contributed by atoms with van der Waals surface area (Å²) in [7, 11) is 1.33. The Bertz CT molecular complexity index is 1450. The lowest BCUT2D eigenvalue weighted by Crippen LogP contribution is -2.39. The molecule has 196 valence electrons. The van der Waals surface area contributed by atoms with Crippen LogP contribution < -0.4 is 19.5 Å². The molecule has 3 aromatic rings. The molecule has 1 fully saturated rings. The number of alkyl halides is 2. The summed E-state index contributed by atoms with van der Waals surface area (Å²) < 4.78 is 47.3. The molecule has 3 aliphatic rings. The van der Waals surface area contributed by atoms with Crippen LogP contribution in [-0.4, -0.2) is 25.3 Å². The van der Waals surface area contributed by atoms with Crippen molar-refractivity contribution < 1.29 is 37.3 Å². The molecule has 1 N–H and O–H groups in total. The van der Waals surface area contributed by atoms with Crippen LogP contribution in [0.15, 0.2) is 60.7 Å². The highest BCUT2D eigenvalue weighted by molar-refractivity contribution is 5.92. The smallest absolute Gasteiger partial charge is 0.485 e. The minimum absolute atomic E-state index is 0.0549. The van der Waals surface area contributed by atoms with Crippen LogP contribution in [0, 0.1) is 6.92 Å². The number of halogens is 2. The number of methoxy groups -OCH3 is 1. The second-order valence-corrected chi connectivity index (χ2v) is 9.94. The van der Waals surface area contributed by atoms with Gasteiger partial charge in [-0.25, -0.2) is 4.79 Å². The summed E-state index contributed by atoms with van der Waals surface area (Å²) in [5.74, 6) is -0.112. The molecule has 6 rings (SSSR count). The molecule has 0 unspecified atom stereocenters. The number of ether oxygens (including phenoxy) is 4. The van der Waals surface area contributed by atoms with Gasteiger partial charge in [-0.1, -0.05) is 30.3 Å². The number of hydrogen-bond acceptors (Lipinski definition) is 6. The van der Waals surface area contributed by atoms with Gasteiger partial charge >= 0.3 is 12.3 Å². The zero-order valence-electron chi connectivity index (χ0n) is 20.8. The van der Waals surface area contributed by atoms with Gasteiger partial charge in [-0.3, -0.25) is 4.79 Å². The second-order valence-electron chi connectivity index (χ2n) is 9.94. The molecular weight excluding hydrogens is 496 g/mol. The zero-order chi connectivity index (χ0) is 26.7. The number of fused-ring (bicyclic) bond motifs is 2. The van der Waals surface area contributed by atoms with Crippen molar-refractivity contribution in [3.63, 3.8) is 0 Å². The lowest BCUT2D eigenvalue weighted by Gasteiger charge is -2.34. The standard InChI is InChI=1S/C29H25F2NO6/c1-16-6-8-20-21(15-23(36-24(20)12-16)17-4-3-5-18(13-17)26(33)35-2)32-27(34)28(10-11-28)19-7-9-22-25(14-19)38-29(30,31)37-22/h3-9,12-14,21,23H,10-11,15H2,1-2H3,(H,32,34)/t21-,23+/m0/s1. The molecular formula is C29H25F2NO6. The highest BCUT2D eigenvalue weighted by atomic mass is 19.3. The van der Waals surface area contributed by atoms with Crippen LogP contribution in [0.1, 0.15) is 64.0 Å². The molecule has 1 amide bonds. The SMILES string of the molecule is COC(=O)c1cccc([C@H]2C[C@H](NC(=O)C3(c4ccc5c(c4)OC(F)(F)O5)CC3)c3ccc(C)cc3O2)c1. The topological polar surface area (TPSA) is 83.1 Å². The number of esters is 1. The largest absolute Gasteiger partial charge is 0.586 e. The van der Waals surface area contributed by atoms with Gasteiger partial charge in [0, 0.05) is 12.0 Å². The zero-order valence-corrected chi connectivity index (χ0v) is 20.8. The van der Waals surface area contributed by atoms with Crippen molar-refractivity contribution in [2.24, 2.45) is 0 Å². The summed E-state index contributed by atoms with van der Waals surface area (Å²) in [6, 6.07) is 17.0. The number of amides is 1. The predicted molar refractivity (Wildman–Crippen MR) is 131 cm³/mol. The van der Waals surface area contributed by atoms with Crippen molar-refractivity contribution in [2.75, 3.05) is 7.11 Å². The highest BCUT2D eigenvalue weighted by Crippen LogP contribution is 2.52. The van der Waals surface area contributed by atoms with E-state index in [-0.39, 0.29) is 23.4 Å². The Kier molecular flexibility index (Phi) is 5.55. The van der Waals surface area contributed by atoms with Crippen LogP contribution in [0.5, 0.6) is 17.2 Å². The quantitative estimate of drug-likeness (QED) is 0.446. The highest BCUT2D eigenvalue weighted by Gasteiger charge is 2.53. The Hall–Kier alpha value is -4.14. The van der Waals surface area contributed by atoms with E-state index in [4.69, 9.17) is 9.47 Å². The number of benzene rings is 3. The van der Waals surface area contributed by atoms with Gasteiger partial charge in [0.15, 0.2) is 11.5 Å². The van der Waals surface area contributed by atoms with Crippen LogP contribution in [-0.2, 0) is 14.9 Å². The van der Waals surface area contributed by atoms with Crippen molar-refractivity contribution in [2.45, 2.75) is 50.0 Å². The average molecular weight is 522 g/mol. The van der Waals surface area contributed by atoms with Crippen LogP contribution in [0.2, 0.25) is 0 Å². The fourth-order valence-corrected chi connectivity index (χ4v) is 5.21. The first-order chi connectivity index (χ1) is 18.2. The third-order valence-electron chi connectivity index (χ3n) is 7.39. The summed E-state index contributed by atoms with van der Waals surface area (Å²) in [6.45, 7) is 1.96. The summed E-state index contributed by atoms with van der Waals surface area (Å²) in [5, 5.41) is 3.20. The maximum atomic E-state index is 13.7. The Labute approximate surface area is 217 Å². The number of rotatable bonds is 5. The number of nitrogens with one attached hydrogen (secondary N) is 1. The molecule has 0 spiro atoms. The molecule has 0 bridgehead atoms. The Morgan fingerprint density at radius 1 is 0.974 bits per heavy atom. The van der Waals surface area contributed by atoms with Crippen LogP contribution in [0.25, 0.3) is 0 Å². The van der Waals surface area contributed by atoms with Gasteiger partial charge < -0.3 is 24.3 Å². The first-order valence-electron chi connectivity index (χ1n) is 12.3. The van der Waals surface area contributed by atoms with Crippen LogP contribution >= 0.6 is 0 Å². The third kappa shape index (κ3) is 4.21. The van der Waals surface area contributed by atoms with E-state index < -0.39 is 23.8 Å². The van der Waals surface area contributed by atoms with Gasteiger partial charge in [0.1, 0.15) is 11.9 Å². The number of hydrogen-bond donors (Lipinski definition) is 1. The molecule has 38 heavy (non-hydrogen) atoms. The van der Waals surface area contributed by atoms with Crippen molar-refractivity contribution in [1.82, 2.24) is 5.32 Å². The maximum absolute atomic E-state index is 13.7. The van der Waals surface area contributed by atoms with Crippen molar-refractivity contribution in [1.29, 1.82) is 0 Å². The fraction of sp³-hybridized carbons (Fsp3) is 0.310. The minimum Gasteiger partial charge on any atom is -0.485 e. The lowest BCUT2D eigenvalue weighted by atomic mass is 9.89. The lowest BCUT2D eigenvalue weighted by molar-refractivity contribution is -0.286. The van der Waals surface area contributed by atoms with Gasteiger partial charge in [-0.2, -0.15) is 0 Å². The minimum atomic E-state index is -3.72. The van der Waals surface area contributed by atoms with Gasteiger partial charge in [-0.05, 0) is 66.8 Å². The van der Waals surface area contributed by atoms with E-state index >= 15 is 0 Å². The van der Waals surface area contributed by atoms with E-state index in [0.29, 0.717) is 36.1 Å². The fourth-order valence-electron chi connectivity index (χ4n) is 5.21. The molecule has 0 saturated heterocycles. The van der Waals surface area contributed by atoms with Crippen molar-refractivity contribution in [3.05, 3.63) is 88.5 Å². The molecule has 0 aromatic heterocycles. The Morgan fingerprint density at radius 3 is 2.53 bits per heavy atom. The van der Waals surface area contributed by atoms with E-state index in [1.165, 1.54) is 19.2 Å². The number of carbonyl (C=O) groups is 2. The van der Waals surface area contributed by atoms with Gasteiger partial charge in [0.25, 0.3) is 0 Å². The molecule has 3 aromatic carbocycles. The molecule has 0 radical (unpaired) electrons.